The number of aliphatic hydroxyl groups excluding tert-OH is 1. The summed E-state index contributed by atoms with van der Waals surface area (Å²) in [5, 5.41) is 18.5. The van der Waals surface area contributed by atoms with E-state index in [1.807, 2.05) is 24.3 Å². The van der Waals surface area contributed by atoms with Gasteiger partial charge in [-0.2, -0.15) is 0 Å². The van der Waals surface area contributed by atoms with E-state index in [2.05, 4.69) is 0 Å². The molecule has 1 aliphatic carbocycles. The van der Waals surface area contributed by atoms with Gasteiger partial charge >= 0.3 is 0 Å². The molecular weight excluding hydrogens is 176 g/mol. The molecule has 0 spiro atoms. The van der Waals surface area contributed by atoms with Crippen molar-refractivity contribution in [3.05, 3.63) is 35.4 Å². The minimum absolute atomic E-state index is 0.101. The molecule has 76 valence electrons. The molecule has 1 fully saturated rings. The highest BCUT2D eigenvalue weighted by Gasteiger charge is 2.39. The molecule has 1 aliphatic rings. The third-order valence-electron chi connectivity index (χ3n) is 2.91. The van der Waals surface area contributed by atoms with Gasteiger partial charge in [0.1, 0.15) is 0 Å². The van der Waals surface area contributed by atoms with Crippen LogP contribution in [-0.2, 0) is 13.0 Å². The fourth-order valence-corrected chi connectivity index (χ4v) is 1.58. The smallest absolute Gasteiger partial charge is 0.0681 e. The summed E-state index contributed by atoms with van der Waals surface area (Å²) in [5.74, 6) is 0. The summed E-state index contributed by atoms with van der Waals surface area (Å²) in [6.07, 6.45) is 3.72. The van der Waals surface area contributed by atoms with E-state index in [1.54, 1.807) is 0 Å². The molecular formula is C12H16O2. The quantitative estimate of drug-likeness (QED) is 0.761. The Hall–Kier alpha value is -0.860. The maximum absolute atomic E-state index is 9.65. The van der Waals surface area contributed by atoms with Gasteiger partial charge < -0.3 is 10.2 Å². The van der Waals surface area contributed by atoms with Gasteiger partial charge in [0, 0.05) is 0 Å². The highest BCUT2D eigenvalue weighted by atomic mass is 16.3. The highest BCUT2D eigenvalue weighted by molar-refractivity contribution is 5.22. The van der Waals surface area contributed by atoms with E-state index in [0.29, 0.717) is 0 Å². The van der Waals surface area contributed by atoms with E-state index in [4.69, 9.17) is 5.11 Å². The normalized spacial score (nSPS) is 18.1. The summed E-state index contributed by atoms with van der Waals surface area (Å²) in [6, 6.07) is 7.92. The summed E-state index contributed by atoms with van der Waals surface area (Å²) < 4.78 is 0. The Morgan fingerprint density at radius 2 is 1.64 bits per heavy atom. The molecule has 2 nitrogen and oxygen atoms in total. The average Bonchev–Trinajstić information content (AvgIpc) is 2.95. The maximum Gasteiger partial charge on any atom is 0.0681 e. The predicted octanol–water partition coefficient (Wildman–Crippen LogP) is 1.64. The summed E-state index contributed by atoms with van der Waals surface area (Å²) in [7, 11) is 0. The molecule has 0 aliphatic heterocycles. The van der Waals surface area contributed by atoms with Crippen LogP contribution in [0.5, 0.6) is 0 Å². The predicted molar refractivity (Wildman–Crippen MR) is 54.9 cm³/mol. The summed E-state index contributed by atoms with van der Waals surface area (Å²) in [4.78, 5) is 0. The van der Waals surface area contributed by atoms with Crippen molar-refractivity contribution in [2.24, 2.45) is 0 Å². The van der Waals surface area contributed by atoms with E-state index in [1.165, 1.54) is 5.56 Å². The first-order valence-electron chi connectivity index (χ1n) is 5.13. The Kier molecular flexibility index (Phi) is 2.57. The maximum atomic E-state index is 9.65. The standard InChI is InChI=1S/C12H16O2/c13-9-11-3-1-10(2-4-11)5-6-12(14)7-8-12/h1-4,13-14H,5-9H2. The van der Waals surface area contributed by atoms with Crippen LogP contribution in [-0.4, -0.2) is 15.8 Å². The number of aryl methyl sites for hydroxylation is 1. The first-order valence-corrected chi connectivity index (χ1v) is 5.13. The molecule has 0 aromatic heterocycles. The van der Waals surface area contributed by atoms with Crippen LogP contribution in [0.3, 0.4) is 0 Å². The average molecular weight is 192 g/mol. The third kappa shape index (κ3) is 2.34. The number of aliphatic hydroxyl groups is 2. The lowest BCUT2D eigenvalue weighted by molar-refractivity contribution is 0.140. The second-order valence-electron chi connectivity index (χ2n) is 4.20. The van der Waals surface area contributed by atoms with Gasteiger partial charge in [-0.3, -0.25) is 0 Å². The molecule has 0 unspecified atom stereocenters. The topological polar surface area (TPSA) is 40.5 Å². The van der Waals surface area contributed by atoms with Crippen LogP contribution < -0.4 is 0 Å². The number of hydrogen-bond acceptors (Lipinski definition) is 2. The van der Waals surface area contributed by atoms with Crippen LogP contribution in [0.4, 0.5) is 0 Å². The largest absolute Gasteiger partial charge is 0.392 e. The minimum atomic E-state index is -0.352. The second kappa shape index (κ2) is 3.71. The molecule has 0 heterocycles. The van der Waals surface area contributed by atoms with Gasteiger partial charge in [-0.25, -0.2) is 0 Å². The zero-order chi connectivity index (χ0) is 10.0. The Balaban J connectivity index is 1.89. The van der Waals surface area contributed by atoms with E-state index >= 15 is 0 Å². The molecule has 0 radical (unpaired) electrons. The molecule has 1 aromatic carbocycles. The molecule has 2 rings (SSSR count). The van der Waals surface area contributed by atoms with Gasteiger partial charge in [0.15, 0.2) is 0 Å². The summed E-state index contributed by atoms with van der Waals surface area (Å²) in [5.41, 5.74) is 1.83. The van der Waals surface area contributed by atoms with Crippen molar-refractivity contribution >= 4 is 0 Å². The number of hydrogen-bond donors (Lipinski definition) is 2. The molecule has 0 atom stereocenters. The first kappa shape index (κ1) is 9.69. The van der Waals surface area contributed by atoms with Crippen LogP contribution in [0.1, 0.15) is 30.4 Å². The fraction of sp³-hybridized carbons (Fsp3) is 0.500. The molecule has 1 aromatic rings. The van der Waals surface area contributed by atoms with Crippen molar-refractivity contribution in [2.45, 2.75) is 37.9 Å². The van der Waals surface area contributed by atoms with Gasteiger partial charge in [-0.05, 0) is 36.8 Å². The number of rotatable bonds is 4. The van der Waals surface area contributed by atoms with E-state index in [0.717, 1.165) is 31.2 Å². The SMILES string of the molecule is OCc1ccc(CCC2(O)CC2)cc1. The molecule has 14 heavy (non-hydrogen) atoms. The highest BCUT2D eigenvalue weighted by Crippen LogP contribution is 2.39. The summed E-state index contributed by atoms with van der Waals surface area (Å²) >= 11 is 0. The van der Waals surface area contributed by atoms with E-state index < -0.39 is 0 Å². The van der Waals surface area contributed by atoms with Crippen LogP contribution in [0.15, 0.2) is 24.3 Å². The Bertz CT molecular complexity index is 299. The van der Waals surface area contributed by atoms with Gasteiger partial charge in [-0.15, -0.1) is 0 Å². The van der Waals surface area contributed by atoms with Crippen LogP contribution in [0.25, 0.3) is 0 Å². The van der Waals surface area contributed by atoms with Gasteiger partial charge in [0.25, 0.3) is 0 Å². The van der Waals surface area contributed by atoms with Crippen molar-refractivity contribution < 1.29 is 10.2 Å². The molecule has 0 bridgehead atoms. The first-order chi connectivity index (χ1) is 6.72. The van der Waals surface area contributed by atoms with Gasteiger partial charge in [0.2, 0.25) is 0 Å². The third-order valence-corrected chi connectivity index (χ3v) is 2.91. The van der Waals surface area contributed by atoms with Gasteiger partial charge in [0.05, 0.1) is 12.2 Å². The van der Waals surface area contributed by atoms with Crippen LogP contribution in [0, 0.1) is 0 Å². The van der Waals surface area contributed by atoms with Gasteiger partial charge in [-0.1, -0.05) is 24.3 Å². The van der Waals surface area contributed by atoms with E-state index in [9.17, 15) is 5.11 Å². The Labute approximate surface area is 84.2 Å². The lowest BCUT2D eigenvalue weighted by atomic mass is 10.0. The zero-order valence-corrected chi connectivity index (χ0v) is 8.24. The second-order valence-corrected chi connectivity index (χ2v) is 4.20. The number of benzene rings is 1. The van der Waals surface area contributed by atoms with Crippen molar-refractivity contribution in [3.8, 4) is 0 Å². The zero-order valence-electron chi connectivity index (χ0n) is 8.24. The Morgan fingerprint density at radius 3 is 2.14 bits per heavy atom. The molecule has 0 saturated heterocycles. The van der Waals surface area contributed by atoms with Crippen molar-refractivity contribution in [3.63, 3.8) is 0 Å². The molecule has 2 heteroatoms. The van der Waals surface area contributed by atoms with Crippen molar-refractivity contribution in [1.82, 2.24) is 0 Å². The van der Waals surface area contributed by atoms with E-state index in [-0.39, 0.29) is 12.2 Å². The van der Waals surface area contributed by atoms with Crippen molar-refractivity contribution in [2.75, 3.05) is 0 Å². The monoisotopic (exact) mass is 192 g/mol. The molecule has 0 amide bonds. The van der Waals surface area contributed by atoms with Crippen molar-refractivity contribution in [1.29, 1.82) is 0 Å². The minimum Gasteiger partial charge on any atom is -0.392 e. The lowest BCUT2D eigenvalue weighted by Crippen LogP contribution is -2.07. The van der Waals surface area contributed by atoms with Crippen LogP contribution in [0.2, 0.25) is 0 Å². The molecule has 1 saturated carbocycles. The fourth-order valence-electron chi connectivity index (χ4n) is 1.58. The summed E-state index contributed by atoms with van der Waals surface area (Å²) in [6.45, 7) is 0.101. The molecule has 2 N–H and O–H groups in total. The lowest BCUT2D eigenvalue weighted by Gasteiger charge is -2.07. The Morgan fingerprint density at radius 1 is 1.07 bits per heavy atom. The van der Waals surface area contributed by atoms with Crippen LogP contribution >= 0.6 is 0 Å².